The largest absolute Gasteiger partial charge is 0.347 e. The van der Waals surface area contributed by atoms with E-state index >= 15 is 0 Å². The lowest BCUT2D eigenvalue weighted by atomic mass is 10.1. The predicted octanol–water partition coefficient (Wildman–Crippen LogP) is 4.37. The van der Waals surface area contributed by atoms with Gasteiger partial charge in [-0.1, -0.05) is 0 Å². The molecular formula is C18H18BrFN2O2. The molecule has 0 aliphatic heterocycles. The molecule has 0 saturated carbocycles. The highest BCUT2D eigenvalue weighted by Gasteiger charge is 2.15. The molecule has 24 heavy (non-hydrogen) atoms. The van der Waals surface area contributed by atoms with E-state index in [1.54, 1.807) is 24.3 Å². The van der Waals surface area contributed by atoms with Gasteiger partial charge < -0.3 is 10.6 Å². The highest BCUT2D eigenvalue weighted by molar-refractivity contribution is 9.10. The molecule has 0 aromatic heterocycles. The van der Waals surface area contributed by atoms with Gasteiger partial charge in [0.25, 0.3) is 11.8 Å². The first kappa shape index (κ1) is 18.1. The number of carbonyl (C=O) groups is 2. The van der Waals surface area contributed by atoms with Crippen LogP contribution in [0.5, 0.6) is 0 Å². The first-order valence-electron chi connectivity index (χ1n) is 7.35. The van der Waals surface area contributed by atoms with Crippen molar-refractivity contribution < 1.29 is 14.0 Å². The minimum atomic E-state index is -0.423. The molecule has 0 aliphatic carbocycles. The Morgan fingerprint density at radius 1 is 1.00 bits per heavy atom. The summed E-state index contributed by atoms with van der Waals surface area (Å²) < 4.78 is 13.5. The van der Waals surface area contributed by atoms with E-state index < -0.39 is 5.82 Å². The predicted molar refractivity (Wildman–Crippen MR) is 95.7 cm³/mol. The molecule has 6 heteroatoms. The Morgan fingerprint density at radius 3 is 2.17 bits per heavy atom. The van der Waals surface area contributed by atoms with Crippen molar-refractivity contribution in [2.45, 2.75) is 26.3 Å². The summed E-state index contributed by atoms with van der Waals surface area (Å²) in [5.41, 5.74) is 1.05. The lowest BCUT2D eigenvalue weighted by Gasteiger charge is -2.20. The highest BCUT2D eigenvalue weighted by atomic mass is 79.9. The number of hydrogen-bond donors (Lipinski definition) is 2. The molecule has 0 heterocycles. The van der Waals surface area contributed by atoms with Gasteiger partial charge in [-0.3, -0.25) is 9.59 Å². The zero-order valence-electron chi connectivity index (χ0n) is 13.6. The van der Waals surface area contributed by atoms with Crippen LogP contribution >= 0.6 is 15.9 Å². The molecule has 4 nitrogen and oxygen atoms in total. The zero-order valence-corrected chi connectivity index (χ0v) is 15.2. The van der Waals surface area contributed by atoms with Crippen LogP contribution in [0.1, 0.15) is 41.5 Å². The average molecular weight is 393 g/mol. The smallest absolute Gasteiger partial charge is 0.256 e. The van der Waals surface area contributed by atoms with Crippen LogP contribution in [0.3, 0.4) is 0 Å². The van der Waals surface area contributed by atoms with Crippen LogP contribution in [-0.2, 0) is 0 Å². The number of amides is 2. The molecular weight excluding hydrogens is 375 g/mol. The summed E-state index contributed by atoms with van der Waals surface area (Å²) in [5, 5.41) is 5.58. The van der Waals surface area contributed by atoms with Crippen molar-refractivity contribution in [3.8, 4) is 0 Å². The summed E-state index contributed by atoms with van der Waals surface area (Å²) in [6.07, 6.45) is 0. The SMILES string of the molecule is CC(C)(C)NC(=O)c1ccc(NC(=O)c2ccc(F)cc2Br)cc1. The van der Waals surface area contributed by atoms with Crippen LogP contribution in [0.2, 0.25) is 0 Å². The van der Waals surface area contributed by atoms with Gasteiger partial charge in [0.2, 0.25) is 0 Å². The number of carbonyl (C=O) groups excluding carboxylic acids is 2. The summed E-state index contributed by atoms with van der Waals surface area (Å²) in [6, 6.07) is 10.4. The van der Waals surface area contributed by atoms with Crippen molar-refractivity contribution in [2.24, 2.45) is 0 Å². The van der Waals surface area contributed by atoms with Gasteiger partial charge >= 0.3 is 0 Å². The Bertz CT molecular complexity index is 768. The van der Waals surface area contributed by atoms with E-state index in [4.69, 9.17) is 0 Å². The Kier molecular flexibility index (Phi) is 5.39. The van der Waals surface area contributed by atoms with Crippen LogP contribution < -0.4 is 10.6 Å². The molecule has 2 aromatic carbocycles. The fraction of sp³-hybridized carbons (Fsp3) is 0.222. The molecule has 0 atom stereocenters. The molecule has 0 spiro atoms. The normalized spacial score (nSPS) is 11.0. The summed E-state index contributed by atoms with van der Waals surface area (Å²) in [7, 11) is 0. The number of nitrogens with one attached hydrogen (secondary N) is 2. The lowest BCUT2D eigenvalue weighted by Crippen LogP contribution is -2.40. The maximum Gasteiger partial charge on any atom is 0.256 e. The summed E-state index contributed by atoms with van der Waals surface area (Å²) in [6.45, 7) is 5.71. The summed E-state index contributed by atoms with van der Waals surface area (Å²) in [4.78, 5) is 24.3. The molecule has 0 bridgehead atoms. The third-order valence-electron chi connectivity index (χ3n) is 3.07. The molecule has 2 amide bonds. The second kappa shape index (κ2) is 7.13. The van der Waals surface area contributed by atoms with Gasteiger partial charge in [0, 0.05) is 21.3 Å². The average Bonchev–Trinajstić information content (AvgIpc) is 2.45. The van der Waals surface area contributed by atoms with E-state index in [1.807, 2.05) is 20.8 Å². The number of benzene rings is 2. The van der Waals surface area contributed by atoms with Crippen molar-refractivity contribution in [3.05, 3.63) is 63.9 Å². The molecule has 0 saturated heterocycles. The van der Waals surface area contributed by atoms with E-state index in [2.05, 4.69) is 26.6 Å². The standard InChI is InChI=1S/C18H18BrFN2O2/c1-18(2,3)22-16(23)11-4-7-13(8-5-11)21-17(24)14-9-6-12(20)10-15(14)19/h4-10H,1-3H3,(H,21,24)(H,22,23). The van der Waals surface area contributed by atoms with Crippen molar-refractivity contribution >= 4 is 33.4 Å². The molecule has 126 valence electrons. The quantitative estimate of drug-likeness (QED) is 0.814. The molecule has 2 rings (SSSR count). The van der Waals surface area contributed by atoms with Crippen LogP contribution in [0.15, 0.2) is 46.9 Å². The van der Waals surface area contributed by atoms with Crippen molar-refractivity contribution in [3.63, 3.8) is 0 Å². The highest BCUT2D eigenvalue weighted by Crippen LogP contribution is 2.20. The second-order valence-electron chi connectivity index (χ2n) is 6.36. The fourth-order valence-corrected chi connectivity index (χ4v) is 2.52. The third-order valence-corrected chi connectivity index (χ3v) is 3.73. The Hall–Kier alpha value is -2.21. The maximum atomic E-state index is 13.1. The van der Waals surface area contributed by atoms with E-state index in [0.717, 1.165) is 0 Å². The number of halogens is 2. The van der Waals surface area contributed by atoms with Gasteiger partial charge in [-0.15, -0.1) is 0 Å². The minimum Gasteiger partial charge on any atom is -0.347 e. The van der Waals surface area contributed by atoms with Gasteiger partial charge in [0.1, 0.15) is 5.82 Å². The first-order chi connectivity index (χ1) is 11.2. The molecule has 0 radical (unpaired) electrons. The van der Waals surface area contributed by atoms with Crippen molar-refractivity contribution in [1.82, 2.24) is 5.32 Å². The van der Waals surface area contributed by atoms with E-state index in [0.29, 0.717) is 21.3 Å². The lowest BCUT2D eigenvalue weighted by molar-refractivity contribution is 0.0919. The van der Waals surface area contributed by atoms with Crippen LogP contribution in [0, 0.1) is 5.82 Å². The van der Waals surface area contributed by atoms with Crippen molar-refractivity contribution in [1.29, 1.82) is 0 Å². The molecule has 2 N–H and O–H groups in total. The van der Waals surface area contributed by atoms with Gasteiger partial charge in [-0.2, -0.15) is 0 Å². The molecule has 0 aliphatic rings. The number of rotatable bonds is 3. The zero-order chi connectivity index (χ0) is 17.9. The fourth-order valence-electron chi connectivity index (χ4n) is 1.99. The van der Waals surface area contributed by atoms with Crippen LogP contribution in [0.25, 0.3) is 0 Å². The third kappa shape index (κ3) is 4.89. The summed E-state index contributed by atoms with van der Waals surface area (Å²) in [5.74, 6) is -0.969. The van der Waals surface area contributed by atoms with Gasteiger partial charge in [-0.25, -0.2) is 4.39 Å². The maximum absolute atomic E-state index is 13.1. The van der Waals surface area contributed by atoms with Gasteiger partial charge in [0.05, 0.1) is 5.56 Å². The van der Waals surface area contributed by atoms with Crippen molar-refractivity contribution in [2.75, 3.05) is 5.32 Å². The second-order valence-corrected chi connectivity index (χ2v) is 7.21. The van der Waals surface area contributed by atoms with Crippen LogP contribution in [-0.4, -0.2) is 17.4 Å². The number of hydrogen-bond acceptors (Lipinski definition) is 2. The van der Waals surface area contributed by atoms with Gasteiger partial charge in [-0.05, 0) is 79.2 Å². The monoisotopic (exact) mass is 392 g/mol. The Morgan fingerprint density at radius 2 is 1.62 bits per heavy atom. The number of anilines is 1. The summed E-state index contributed by atoms with van der Waals surface area (Å²) >= 11 is 3.17. The first-order valence-corrected chi connectivity index (χ1v) is 8.14. The van der Waals surface area contributed by atoms with E-state index in [1.165, 1.54) is 18.2 Å². The van der Waals surface area contributed by atoms with Gasteiger partial charge in [0.15, 0.2) is 0 Å². The van der Waals surface area contributed by atoms with E-state index in [9.17, 15) is 14.0 Å². The Balaban J connectivity index is 2.08. The van der Waals surface area contributed by atoms with E-state index in [-0.39, 0.29) is 17.4 Å². The molecule has 0 fully saturated rings. The molecule has 0 unspecified atom stereocenters. The van der Waals surface area contributed by atoms with Crippen LogP contribution in [0.4, 0.5) is 10.1 Å². The molecule has 2 aromatic rings. The Labute approximate surface area is 148 Å². The topological polar surface area (TPSA) is 58.2 Å². The minimum absolute atomic E-state index is 0.179.